The highest BCUT2D eigenvalue weighted by atomic mass is 79.9. The molecule has 0 unspecified atom stereocenters. The minimum atomic E-state index is -0.00203. The molecule has 1 saturated carbocycles. The van der Waals surface area contributed by atoms with Crippen LogP contribution in [0.15, 0.2) is 81.1 Å². The van der Waals surface area contributed by atoms with Gasteiger partial charge in [0.2, 0.25) is 0 Å². The number of hydrogen-bond acceptors (Lipinski definition) is 6. The highest BCUT2D eigenvalue weighted by molar-refractivity contribution is 9.10. The number of carbonyl (C=O) groups excluding carboxylic acids is 1. The van der Waals surface area contributed by atoms with Gasteiger partial charge < -0.3 is 9.47 Å². The van der Waals surface area contributed by atoms with Crippen LogP contribution in [0.2, 0.25) is 0 Å². The molecule has 2 aliphatic rings. The SMILES string of the molecule is COc1cc(/C=C2/SC(=Nc3ccccc3)N(C3CCCCC3)C2=O)cc(Br)c1OCc1ccc(C#N)cc1. The van der Waals surface area contributed by atoms with Crippen molar-refractivity contribution >= 4 is 50.5 Å². The molecule has 1 amide bonds. The number of para-hydroxylation sites is 1. The van der Waals surface area contributed by atoms with Gasteiger partial charge in [-0.25, -0.2) is 4.99 Å². The first-order chi connectivity index (χ1) is 19.1. The van der Waals surface area contributed by atoms with Crippen LogP contribution in [0.25, 0.3) is 6.08 Å². The van der Waals surface area contributed by atoms with Crippen molar-refractivity contribution in [1.82, 2.24) is 4.90 Å². The summed E-state index contributed by atoms with van der Waals surface area (Å²) in [6.45, 7) is 0.325. The van der Waals surface area contributed by atoms with E-state index >= 15 is 0 Å². The van der Waals surface area contributed by atoms with Crippen molar-refractivity contribution in [2.75, 3.05) is 7.11 Å². The molecule has 0 radical (unpaired) electrons. The summed E-state index contributed by atoms with van der Waals surface area (Å²) in [4.78, 5) is 21.1. The molecule has 0 spiro atoms. The Morgan fingerprint density at radius 1 is 1.10 bits per heavy atom. The van der Waals surface area contributed by atoms with Gasteiger partial charge in [-0.3, -0.25) is 9.69 Å². The number of thioether (sulfide) groups is 1. The molecule has 2 fully saturated rings. The molecule has 1 saturated heterocycles. The molecular formula is C31H28BrN3O3S. The first kappa shape index (κ1) is 27.0. The van der Waals surface area contributed by atoms with Crippen LogP contribution in [-0.2, 0) is 11.4 Å². The van der Waals surface area contributed by atoms with Crippen LogP contribution < -0.4 is 9.47 Å². The maximum absolute atomic E-state index is 13.7. The predicted octanol–water partition coefficient (Wildman–Crippen LogP) is 7.85. The number of nitrogens with zero attached hydrogens (tertiary/aromatic N) is 3. The van der Waals surface area contributed by atoms with Crippen LogP contribution in [0, 0.1) is 11.3 Å². The van der Waals surface area contributed by atoms with Gasteiger partial charge in [0, 0.05) is 6.04 Å². The zero-order valence-corrected chi connectivity index (χ0v) is 24.0. The van der Waals surface area contributed by atoms with E-state index in [-0.39, 0.29) is 11.9 Å². The summed E-state index contributed by atoms with van der Waals surface area (Å²) in [6, 6.07) is 23.1. The topological polar surface area (TPSA) is 74.9 Å². The molecule has 1 heterocycles. The summed E-state index contributed by atoms with van der Waals surface area (Å²) in [5, 5.41) is 9.74. The molecule has 6 nitrogen and oxygen atoms in total. The molecule has 1 aliphatic heterocycles. The number of halogens is 1. The number of ether oxygens (including phenoxy) is 2. The molecule has 198 valence electrons. The number of rotatable bonds is 7. The van der Waals surface area contributed by atoms with E-state index in [1.807, 2.05) is 65.6 Å². The Bertz CT molecular complexity index is 1440. The largest absolute Gasteiger partial charge is 0.493 e. The number of amides is 1. The van der Waals surface area contributed by atoms with E-state index in [0.717, 1.165) is 52.1 Å². The first-order valence-corrected chi connectivity index (χ1v) is 14.5. The fourth-order valence-electron chi connectivity index (χ4n) is 4.78. The van der Waals surface area contributed by atoms with E-state index in [1.165, 1.54) is 18.2 Å². The van der Waals surface area contributed by atoms with Crippen molar-refractivity contribution in [2.45, 2.75) is 44.8 Å². The molecule has 0 bridgehead atoms. The van der Waals surface area contributed by atoms with Gasteiger partial charge in [-0.2, -0.15) is 5.26 Å². The zero-order chi connectivity index (χ0) is 27.2. The van der Waals surface area contributed by atoms with Gasteiger partial charge in [0.25, 0.3) is 5.91 Å². The van der Waals surface area contributed by atoms with E-state index in [4.69, 9.17) is 19.7 Å². The molecule has 1 aliphatic carbocycles. The Morgan fingerprint density at radius 3 is 2.54 bits per heavy atom. The minimum Gasteiger partial charge on any atom is -0.493 e. The van der Waals surface area contributed by atoms with Crippen LogP contribution in [0.3, 0.4) is 0 Å². The summed E-state index contributed by atoms with van der Waals surface area (Å²) < 4.78 is 12.4. The minimum absolute atomic E-state index is 0.00203. The highest BCUT2D eigenvalue weighted by Crippen LogP contribution is 2.41. The van der Waals surface area contributed by atoms with Crippen molar-refractivity contribution < 1.29 is 14.3 Å². The van der Waals surface area contributed by atoms with Crippen molar-refractivity contribution in [3.8, 4) is 17.6 Å². The zero-order valence-electron chi connectivity index (χ0n) is 21.6. The van der Waals surface area contributed by atoms with E-state index < -0.39 is 0 Å². The van der Waals surface area contributed by atoms with Crippen molar-refractivity contribution in [2.24, 2.45) is 4.99 Å². The third-order valence-electron chi connectivity index (χ3n) is 6.77. The summed E-state index contributed by atoms with van der Waals surface area (Å²) in [5.41, 5.74) is 3.20. The average Bonchev–Trinajstić information content (AvgIpc) is 3.27. The van der Waals surface area contributed by atoms with Gasteiger partial charge in [-0.15, -0.1) is 0 Å². The second-order valence-corrected chi connectivity index (χ2v) is 11.3. The quantitative estimate of drug-likeness (QED) is 0.258. The smallest absolute Gasteiger partial charge is 0.267 e. The van der Waals surface area contributed by atoms with Crippen LogP contribution in [0.4, 0.5) is 5.69 Å². The Kier molecular flexibility index (Phi) is 8.70. The molecule has 0 atom stereocenters. The van der Waals surface area contributed by atoms with E-state index in [9.17, 15) is 4.79 Å². The third kappa shape index (κ3) is 6.38. The Hall–Kier alpha value is -3.54. The number of carbonyl (C=O) groups is 1. The number of nitriles is 1. The second-order valence-electron chi connectivity index (χ2n) is 9.44. The molecule has 3 aromatic carbocycles. The normalized spacial score (nSPS) is 18.0. The van der Waals surface area contributed by atoms with E-state index in [2.05, 4.69) is 22.0 Å². The van der Waals surface area contributed by atoms with E-state index in [1.54, 1.807) is 19.2 Å². The Labute approximate surface area is 241 Å². The van der Waals surface area contributed by atoms with Crippen molar-refractivity contribution in [1.29, 1.82) is 5.26 Å². The third-order valence-corrected chi connectivity index (χ3v) is 8.35. The standard InChI is InChI=1S/C31H28BrN3O3S/c1-37-27-17-23(16-26(32)29(27)38-20-22-14-12-21(19-33)13-15-22)18-28-30(36)35(25-10-6-3-7-11-25)31(39-28)34-24-8-4-2-5-9-24/h2,4-5,8-9,12-18,25H,3,6-7,10-11,20H2,1H3/b28-18+,34-31?. The Balaban J connectivity index is 1.41. The van der Waals surface area contributed by atoms with Gasteiger partial charge >= 0.3 is 0 Å². The van der Waals surface area contributed by atoms with Crippen molar-refractivity contribution in [3.63, 3.8) is 0 Å². The molecule has 39 heavy (non-hydrogen) atoms. The summed E-state index contributed by atoms with van der Waals surface area (Å²) in [5.74, 6) is 1.13. The van der Waals surface area contributed by atoms with Crippen LogP contribution >= 0.6 is 27.7 Å². The number of benzene rings is 3. The Morgan fingerprint density at radius 2 is 1.85 bits per heavy atom. The fourth-order valence-corrected chi connectivity index (χ4v) is 6.42. The molecule has 0 N–H and O–H groups in total. The van der Waals surface area contributed by atoms with E-state index in [0.29, 0.717) is 28.6 Å². The molecule has 8 heteroatoms. The highest BCUT2D eigenvalue weighted by Gasteiger charge is 2.38. The number of aliphatic imine (C=N–C) groups is 1. The number of hydrogen-bond donors (Lipinski definition) is 0. The van der Waals surface area contributed by atoms with Crippen LogP contribution in [0.5, 0.6) is 11.5 Å². The maximum Gasteiger partial charge on any atom is 0.267 e. The predicted molar refractivity (Wildman–Crippen MR) is 159 cm³/mol. The summed E-state index contributed by atoms with van der Waals surface area (Å²) in [6.07, 6.45) is 7.37. The molecule has 0 aromatic heterocycles. The fraction of sp³-hybridized carbons (Fsp3) is 0.258. The van der Waals surface area contributed by atoms with Gasteiger partial charge in [0.05, 0.1) is 33.8 Å². The molecule has 5 rings (SSSR count). The first-order valence-electron chi connectivity index (χ1n) is 12.9. The number of amidine groups is 1. The lowest BCUT2D eigenvalue weighted by Gasteiger charge is -2.30. The van der Waals surface area contributed by atoms with Gasteiger partial charge in [-0.1, -0.05) is 49.6 Å². The van der Waals surface area contributed by atoms with Crippen LogP contribution in [-0.4, -0.2) is 29.1 Å². The maximum atomic E-state index is 13.7. The average molecular weight is 603 g/mol. The van der Waals surface area contributed by atoms with Gasteiger partial charge in [-0.05, 0) is 94.1 Å². The second kappa shape index (κ2) is 12.5. The lowest BCUT2D eigenvalue weighted by molar-refractivity contribution is -0.124. The molecule has 3 aromatic rings. The van der Waals surface area contributed by atoms with Gasteiger partial charge in [0.1, 0.15) is 6.61 Å². The lowest BCUT2D eigenvalue weighted by Crippen LogP contribution is -2.40. The number of methoxy groups -OCH3 is 1. The van der Waals surface area contributed by atoms with Gasteiger partial charge in [0.15, 0.2) is 16.7 Å². The lowest BCUT2D eigenvalue weighted by atomic mass is 9.94. The van der Waals surface area contributed by atoms with Crippen molar-refractivity contribution in [3.05, 3.63) is 92.8 Å². The summed E-state index contributed by atoms with van der Waals surface area (Å²) in [7, 11) is 1.60. The van der Waals surface area contributed by atoms with Crippen LogP contribution in [0.1, 0.15) is 48.8 Å². The summed E-state index contributed by atoms with van der Waals surface area (Å²) >= 11 is 5.05. The molecular weight excluding hydrogens is 574 g/mol. The monoisotopic (exact) mass is 601 g/mol.